The van der Waals surface area contributed by atoms with Gasteiger partial charge in [0.05, 0.1) is 5.75 Å². The van der Waals surface area contributed by atoms with Crippen LogP contribution in [0.1, 0.15) is 58.8 Å². The maximum absolute atomic E-state index is 11.2. The van der Waals surface area contributed by atoms with Gasteiger partial charge in [0.15, 0.2) is 0 Å². The minimum absolute atomic E-state index is 0. The number of carbonyl (C=O) groups is 1. The second-order valence-corrected chi connectivity index (χ2v) is 5.53. The standard InChI is InChI=1S/C11H22O4S.Na.H/c1-3-5-6-7-8-9-10-16(13,14)15-11(12)4-2;;/h3-10H2,1-2H3;;. The van der Waals surface area contributed by atoms with Crippen LogP contribution in [0.5, 0.6) is 0 Å². The van der Waals surface area contributed by atoms with Crippen LogP contribution in [0.15, 0.2) is 0 Å². The molecule has 0 aromatic heterocycles. The van der Waals surface area contributed by atoms with E-state index in [1.54, 1.807) is 6.92 Å². The number of rotatable bonds is 9. The molecule has 0 aliphatic carbocycles. The number of carbonyl (C=O) groups excluding carboxylic acids is 1. The van der Waals surface area contributed by atoms with Crippen molar-refractivity contribution in [1.82, 2.24) is 0 Å². The van der Waals surface area contributed by atoms with Crippen LogP contribution in [0, 0.1) is 0 Å². The Bertz CT molecular complexity index is 288. The predicted octanol–water partition coefficient (Wildman–Crippen LogP) is 1.98. The Hall–Kier alpha value is 0.420. The van der Waals surface area contributed by atoms with Gasteiger partial charge in [-0.2, -0.15) is 8.42 Å². The first-order valence-electron chi connectivity index (χ1n) is 5.96. The third-order valence-corrected chi connectivity index (χ3v) is 3.48. The third-order valence-electron chi connectivity index (χ3n) is 2.26. The summed E-state index contributed by atoms with van der Waals surface area (Å²) in [6, 6.07) is 0. The maximum atomic E-state index is 11.2. The Morgan fingerprint density at radius 2 is 1.53 bits per heavy atom. The summed E-state index contributed by atoms with van der Waals surface area (Å²) in [5.41, 5.74) is 0. The van der Waals surface area contributed by atoms with Crippen molar-refractivity contribution in [3.8, 4) is 0 Å². The normalized spacial score (nSPS) is 10.7. The van der Waals surface area contributed by atoms with Crippen LogP contribution < -0.4 is 0 Å². The van der Waals surface area contributed by atoms with E-state index in [-0.39, 0.29) is 41.7 Å². The fourth-order valence-electron chi connectivity index (χ4n) is 1.30. The topological polar surface area (TPSA) is 60.4 Å². The zero-order valence-corrected chi connectivity index (χ0v) is 11.0. The number of hydrogen-bond acceptors (Lipinski definition) is 4. The second kappa shape index (κ2) is 11.5. The van der Waals surface area contributed by atoms with Crippen LogP contribution in [-0.2, 0) is 19.1 Å². The molecule has 0 aromatic rings. The molecule has 0 fully saturated rings. The SMILES string of the molecule is CCCCCCCCS(=O)(=O)OC(=O)CC.[NaH]. The van der Waals surface area contributed by atoms with Crippen molar-refractivity contribution in [2.75, 3.05) is 5.75 Å². The van der Waals surface area contributed by atoms with Crippen molar-refractivity contribution in [3.05, 3.63) is 0 Å². The first kappa shape index (κ1) is 19.8. The Kier molecular flexibility index (Phi) is 13.4. The Balaban J connectivity index is 0. The molecule has 0 heterocycles. The van der Waals surface area contributed by atoms with E-state index in [1.165, 1.54) is 12.8 Å². The fourth-order valence-corrected chi connectivity index (χ4v) is 2.34. The Morgan fingerprint density at radius 3 is 2.06 bits per heavy atom. The molecule has 98 valence electrons. The molecule has 0 aliphatic rings. The van der Waals surface area contributed by atoms with Crippen LogP contribution in [0.2, 0.25) is 0 Å². The molecule has 0 N–H and O–H groups in total. The summed E-state index contributed by atoms with van der Waals surface area (Å²) in [4.78, 5) is 10.8. The van der Waals surface area contributed by atoms with E-state index in [4.69, 9.17) is 0 Å². The molecule has 0 saturated heterocycles. The van der Waals surface area contributed by atoms with E-state index in [2.05, 4.69) is 11.1 Å². The van der Waals surface area contributed by atoms with E-state index in [1.807, 2.05) is 0 Å². The van der Waals surface area contributed by atoms with Gasteiger partial charge in [0.25, 0.3) is 0 Å². The molecule has 0 spiro atoms. The van der Waals surface area contributed by atoms with Gasteiger partial charge in [-0.05, 0) is 6.42 Å². The van der Waals surface area contributed by atoms with Crippen LogP contribution in [-0.4, -0.2) is 49.7 Å². The average molecular weight is 274 g/mol. The number of hydrogen-bond donors (Lipinski definition) is 0. The zero-order valence-electron chi connectivity index (χ0n) is 10.2. The molecular weight excluding hydrogens is 251 g/mol. The van der Waals surface area contributed by atoms with Crippen molar-refractivity contribution < 1.29 is 17.4 Å². The summed E-state index contributed by atoms with van der Waals surface area (Å²) in [6.07, 6.45) is 6.10. The van der Waals surface area contributed by atoms with Crippen molar-refractivity contribution in [1.29, 1.82) is 0 Å². The molecule has 0 atom stereocenters. The molecule has 0 rings (SSSR count). The molecule has 0 aliphatic heterocycles. The summed E-state index contributed by atoms with van der Waals surface area (Å²) in [5, 5.41) is 0. The van der Waals surface area contributed by atoms with Crippen LogP contribution in [0.4, 0.5) is 0 Å². The van der Waals surface area contributed by atoms with Crippen molar-refractivity contribution in [2.24, 2.45) is 0 Å². The molecule has 0 bridgehead atoms. The molecule has 0 unspecified atom stereocenters. The molecule has 0 amide bonds. The van der Waals surface area contributed by atoms with Gasteiger partial charge in [-0.15, -0.1) is 0 Å². The van der Waals surface area contributed by atoms with E-state index < -0.39 is 16.1 Å². The van der Waals surface area contributed by atoms with E-state index in [0.717, 1.165) is 19.3 Å². The van der Waals surface area contributed by atoms with Crippen LogP contribution in [0.3, 0.4) is 0 Å². The van der Waals surface area contributed by atoms with Gasteiger partial charge in [0, 0.05) is 6.42 Å². The summed E-state index contributed by atoms with van der Waals surface area (Å²) in [5.74, 6) is -0.726. The van der Waals surface area contributed by atoms with Gasteiger partial charge in [0.1, 0.15) is 0 Å². The Morgan fingerprint density at radius 1 is 1.00 bits per heavy atom. The molecule has 0 saturated carbocycles. The minimum atomic E-state index is -3.64. The fraction of sp³-hybridized carbons (Fsp3) is 0.909. The molecule has 17 heavy (non-hydrogen) atoms. The first-order chi connectivity index (χ1) is 7.52. The second-order valence-electron chi connectivity index (χ2n) is 3.84. The average Bonchev–Trinajstić information content (AvgIpc) is 2.22. The summed E-state index contributed by atoms with van der Waals surface area (Å²) in [6.45, 7) is 3.71. The van der Waals surface area contributed by atoms with Crippen LogP contribution >= 0.6 is 0 Å². The van der Waals surface area contributed by atoms with Crippen molar-refractivity contribution in [3.63, 3.8) is 0 Å². The number of unbranched alkanes of at least 4 members (excludes halogenated alkanes) is 5. The van der Waals surface area contributed by atoms with Gasteiger partial charge >= 0.3 is 45.6 Å². The summed E-state index contributed by atoms with van der Waals surface area (Å²) >= 11 is 0. The molecular formula is C11H23NaO4S. The van der Waals surface area contributed by atoms with Gasteiger partial charge in [-0.3, -0.25) is 4.79 Å². The monoisotopic (exact) mass is 274 g/mol. The van der Waals surface area contributed by atoms with E-state index in [0.29, 0.717) is 6.42 Å². The molecule has 0 radical (unpaired) electrons. The van der Waals surface area contributed by atoms with Crippen molar-refractivity contribution in [2.45, 2.75) is 58.8 Å². The third kappa shape index (κ3) is 12.7. The van der Waals surface area contributed by atoms with Gasteiger partial charge in [-0.25, -0.2) is 0 Å². The quantitative estimate of drug-likeness (QED) is 0.366. The van der Waals surface area contributed by atoms with Crippen LogP contribution in [0.25, 0.3) is 0 Å². The van der Waals surface area contributed by atoms with E-state index >= 15 is 0 Å². The van der Waals surface area contributed by atoms with Gasteiger partial charge in [0.2, 0.25) is 0 Å². The first-order valence-corrected chi connectivity index (χ1v) is 7.54. The van der Waals surface area contributed by atoms with E-state index in [9.17, 15) is 13.2 Å². The predicted molar refractivity (Wildman–Crippen MR) is 70.7 cm³/mol. The zero-order chi connectivity index (χ0) is 12.4. The summed E-state index contributed by atoms with van der Waals surface area (Å²) < 4.78 is 26.8. The van der Waals surface area contributed by atoms with Crippen molar-refractivity contribution >= 4 is 45.6 Å². The molecule has 0 aromatic carbocycles. The van der Waals surface area contributed by atoms with Gasteiger partial charge < -0.3 is 4.18 Å². The molecule has 4 nitrogen and oxygen atoms in total. The Labute approximate surface area is 127 Å². The van der Waals surface area contributed by atoms with Gasteiger partial charge in [-0.1, -0.05) is 46.0 Å². The molecule has 6 heteroatoms. The summed E-state index contributed by atoms with van der Waals surface area (Å²) in [7, 11) is -3.64.